The van der Waals surface area contributed by atoms with Crippen LogP contribution in [-0.2, 0) is 0 Å². The fourth-order valence-electron chi connectivity index (χ4n) is 6.56. The first-order valence-corrected chi connectivity index (χ1v) is 12.5. The molecule has 9 aromatic rings. The van der Waals surface area contributed by atoms with Crippen molar-refractivity contribution in [2.75, 3.05) is 0 Å². The molecule has 3 aromatic heterocycles. The van der Waals surface area contributed by atoms with Crippen molar-refractivity contribution in [2.45, 2.75) is 0 Å². The smallest absolute Gasteiger partial charge is 0.0562 e. The highest BCUT2D eigenvalue weighted by molar-refractivity contribution is 6.36. The van der Waals surface area contributed by atoms with Crippen LogP contribution in [0.25, 0.3) is 81.4 Å². The van der Waals surface area contributed by atoms with E-state index in [1.54, 1.807) is 0 Å². The van der Waals surface area contributed by atoms with Crippen molar-refractivity contribution >= 4 is 81.4 Å². The molecule has 0 fully saturated rings. The number of nitrogens with zero attached hydrogens (tertiary/aromatic N) is 1. The number of fused-ring (bicyclic) bond motifs is 16. The SMILES string of the molecule is c1ccc2c(c1)cc1c3c4ccccc4c4ccccc4c3c3cc4c(cc3n21)[nH]c1ccccc14. The second-order valence-electron chi connectivity index (χ2n) is 9.85. The van der Waals surface area contributed by atoms with Gasteiger partial charge in [0.15, 0.2) is 0 Å². The molecule has 0 aliphatic heterocycles. The molecule has 0 aliphatic carbocycles. The first-order chi connectivity index (χ1) is 17.9. The van der Waals surface area contributed by atoms with Gasteiger partial charge in [0, 0.05) is 43.4 Å². The van der Waals surface area contributed by atoms with Gasteiger partial charge in [-0.2, -0.15) is 0 Å². The standard InChI is InChI=1S/C34H20N2/c1-8-16-30-20(9-1)17-32-34-25-14-5-3-11-22(25)21-10-2-4-13-24(21)33(34)27-18-26-23-12-6-7-15-28(23)35-29(26)19-31(27)36(30)32/h1-19,35H. The number of aromatic nitrogens is 2. The Labute approximate surface area is 206 Å². The lowest BCUT2D eigenvalue weighted by Gasteiger charge is -2.16. The summed E-state index contributed by atoms with van der Waals surface area (Å²) in [7, 11) is 0. The van der Waals surface area contributed by atoms with Gasteiger partial charge in [-0.05, 0) is 51.9 Å². The van der Waals surface area contributed by atoms with E-state index in [9.17, 15) is 0 Å². The Morgan fingerprint density at radius 1 is 0.389 bits per heavy atom. The van der Waals surface area contributed by atoms with Crippen molar-refractivity contribution in [3.63, 3.8) is 0 Å². The molecule has 0 unspecified atom stereocenters. The minimum absolute atomic E-state index is 1.17. The minimum atomic E-state index is 1.17. The number of para-hydroxylation sites is 2. The predicted molar refractivity (Wildman–Crippen MR) is 154 cm³/mol. The quantitative estimate of drug-likeness (QED) is 0.219. The van der Waals surface area contributed by atoms with Crippen LogP contribution in [0.4, 0.5) is 0 Å². The Kier molecular flexibility index (Phi) is 3.31. The zero-order valence-corrected chi connectivity index (χ0v) is 19.4. The highest BCUT2D eigenvalue weighted by Gasteiger charge is 2.19. The Morgan fingerprint density at radius 3 is 1.83 bits per heavy atom. The Morgan fingerprint density at radius 2 is 1.03 bits per heavy atom. The average molecular weight is 457 g/mol. The van der Waals surface area contributed by atoms with Gasteiger partial charge in [-0.3, -0.25) is 0 Å². The van der Waals surface area contributed by atoms with Gasteiger partial charge < -0.3 is 9.38 Å². The molecule has 0 amide bonds. The van der Waals surface area contributed by atoms with Gasteiger partial charge in [-0.25, -0.2) is 0 Å². The minimum Gasteiger partial charge on any atom is -0.354 e. The molecule has 2 heteroatoms. The summed E-state index contributed by atoms with van der Waals surface area (Å²) in [5.41, 5.74) is 6.09. The zero-order chi connectivity index (χ0) is 23.4. The lowest BCUT2D eigenvalue weighted by molar-refractivity contribution is 1.35. The Hall–Kier alpha value is -4.82. The van der Waals surface area contributed by atoms with Crippen LogP contribution in [0.1, 0.15) is 0 Å². The van der Waals surface area contributed by atoms with E-state index in [-0.39, 0.29) is 0 Å². The third-order valence-electron chi connectivity index (χ3n) is 8.03. The van der Waals surface area contributed by atoms with Gasteiger partial charge in [0.1, 0.15) is 0 Å². The molecule has 36 heavy (non-hydrogen) atoms. The molecule has 1 N–H and O–H groups in total. The van der Waals surface area contributed by atoms with Gasteiger partial charge in [0.25, 0.3) is 0 Å². The molecule has 0 saturated heterocycles. The molecule has 0 atom stereocenters. The molecule has 0 aliphatic rings. The molecule has 2 nitrogen and oxygen atoms in total. The summed E-state index contributed by atoms with van der Waals surface area (Å²) in [5, 5.41) is 13.0. The van der Waals surface area contributed by atoms with Gasteiger partial charge in [-0.1, -0.05) is 84.9 Å². The van der Waals surface area contributed by atoms with Crippen LogP contribution in [0.15, 0.2) is 115 Å². The van der Waals surface area contributed by atoms with E-state index in [4.69, 9.17) is 0 Å². The summed E-state index contributed by atoms with van der Waals surface area (Å²) in [6.45, 7) is 0. The molecule has 6 aromatic carbocycles. The second-order valence-corrected chi connectivity index (χ2v) is 9.85. The van der Waals surface area contributed by atoms with Crippen molar-refractivity contribution in [2.24, 2.45) is 0 Å². The number of hydrogen-bond donors (Lipinski definition) is 1. The molecule has 0 bridgehead atoms. The van der Waals surface area contributed by atoms with Crippen molar-refractivity contribution in [3.05, 3.63) is 115 Å². The van der Waals surface area contributed by atoms with E-state index in [2.05, 4.69) is 125 Å². The van der Waals surface area contributed by atoms with E-state index in [1.807, 2.05) is 0 Å². The Balaban J connectivity index is 1.71. The van der Waals surface area contributed by atoms with Crippen molar-refractivity contribution in [1.82, 2.24) is 9.38 Å². The molecule has 0 saturated carbocycles. The number of pyridine rings is 1. The van der Waals surface area contributed by atoms with Gasteiger partial charge in [0.2, 0.25) is 0 Å². The second kappa shape index (κ2) is 6.44. The van der Waals surface area contributed by atoms with E-state index in [1.165, 1.54) is 81.4 Å². The van der Waals surface area contributed by atoms with Crippen LogP contribution in [0, 0.1) is 0 Å². The molecule has 166 valence electrons. The molecule has 0 spiro atoms. The largest absolute Gasteiger partial charge is 0.354 e. The summed E-state index contributed by atoms with van der Waals surface area (Å²) in [6, 6.07) is 42.3. The van der Waals surface area contributed by atoms with Crippen LogP contribution in [0.5, 0.6) is 0 Å². The molecular weight excluding hydrogens is 436 g/mol. The fraction of sp³-hybridized carbons (Fsp3) is 0. The van der Waals surface area contributed by atoms with E-state index >= 15 is 0 Å². The third kappa shape index (κ3) is 2.18. The van der Waals surface area contributed by atoms with E-state index < -0.39 is 0 Å². The highest BCUT2D eigenvalue weighted by Crippen LogP contribution is 2.44. The lowest BCUT2D eigenvalue weighted by Crippen LogP contribution is -1.93. The number of rotatable bonds is 0. The summed E-state index contributed by atoms with van der Waals surface area (Å²) >= 11 is 0. The summed E-state index contributed by atoms with van der Waals surface area (Å²) in [4.78, 5) is 3.68. The number of hydrogen-bond acceptors (Lipinski definition) is 0. The van der Waals surface area contributed by atoms with E-state index in [0.717, 1.165) is 0 Å². The first-order valence-electron chi connectivity index (χ1n) is 12.5. The number of H-pyrrole nitrogens is 1. The van der Waals surface area contributed by atoms with Crippen LogP contribution in [0.2, 0.25) is 0 Å². The van der Waals surface area contributed by atoms with Crippen molar-refractivity contribution in [3.8, 4) is 0 Å². The first kappa shape index (κ1) is 18.5. The third-order valence-corrected chi connectivity index (χ3v) is 8.03. The number of nitrogens with one attached hydrogen (secondary N) is 1. The number of aromatic amines is 1. The highest BCUT2D eigenvalue weighted by atomic mass is 14.9. The van der Waals surface area contributed by atoms with Crippen LogP contribution < -0.4 is 0 Å². The summed E-state index contributed by atoms with van der Waals surface area (Å²) in [6.07, 6.45) is 0. The molecule has 3 heterocycles. The fourth-order valence-corrected chi connectivity index (χ4v) is 6.56. The van der Waals surface area contributed by atoms with Crippen LogP contribution >= 0.6 is 0 Å². The number of benzene rings is 6. The van der Waals surface area contributed by atoms with Gasteiger partial charge in [0.05, 0.1) is 16.6 Å². The topological polar surface area (TPSA) is 20.2 Å². The van der Waals surface area contributed by atoms with Crippen molar-refractivity contribution in [1.29, 1.82) is 0 Å². The van der Waals surface area contributed by atoms with E-state index in [0.29, 0.717) is 0 Å². The van der Waals surface area contributed by atoms with Gasteiger partial charge >= 0.3 is 0 Å². The van der Waals surface area contributed by atoms with Crippen molar-refractivity contribution < 1.29 is 0 Å². The van der Waals surface area contributed by atoms with Crippen LogP contribution in [-0.4, -0.2) is 9.38 Å². The summed E-state index contributed by atoms with van der Waals surface area (Å²) < 4.78 is 2.47. The monoisotopic (exact) mass is 456 g/mol. The zero-order valence-electron chi connectivity index (χ0n) is 19.4. The molecule has 9 rings (SSSR count). The molecule has 0 radical (unpaired) electrons. The van der Waals surface area contributed by atoms with Gasteiger partial charge in [-0.15, -0.1) is 0 Å². The maximum Gasteiger partial charge on any atom is 0.0562 e. The molecular formula is C34H20N2. The predicted octanol–water partition coefficient (Wildman–Crippen LogP) is 9.34. The maximum absolute atomic E-state index is 3.68. The Bertz CT molecular complexity index is 2370. The maximum atomic E-state index is 3.68. The van der Waals surface area contributed by atoms with Crippen LogP contribution in [0.3, 0.4) is 0 Å². The summed E-state index contributed by atoms with van der Waals surface area (Å²) in [5.74, 6) is 0. The normalized spacial score (nSPS) is 12.4. The average Bonchev–Trinajstić information content (AvgIpc) is 3.50. The lowest BCUT2D eigenvalue weighted by atomic mass is 9.91.